The van der Waals surface area contributed by atoms with Gasteiger partial charge in [0.05, 0.1) is 6.54 Å². The van der Waals surface area contributed by atoms with Crippen LogP contribution >= 0.6 is 0 Å². The third-order valence-corrected chi connectivity index (χ3v) is 3.84. The Morgan fingerprint density at radius 1 is 1.12 bits per heavy atom. The first-order valence-corrected chi connectivity index (χ1v) is 6.75. The molecule has 16 heavy (non-hydrogen) atoms. The van der Waals surface area contributed by atoms with E-state index in [9.17, 15) is 0 Å². The highest BCUT2D eigenvalue weighted by atomic mass is 15.1. The van der Waals surface area contributed by atoms with Gasteiger partial charge in [0.1, 0.15) is 0 Å². The summed E-state index contributed by atoms with van der Waals surface area (Å²) in [7, 11) is 0. The summed E-state index contributed by atoms with van der Waals surface area (Å²) in [6, 6.07) is 0. The summed E-state index contributed by atoms with van der Waals surface area (Å²) in [6.45, 7) is 5.73. The van der Waals surface area contributed by atoms with Crippen molar-refractivity contribution in [3.05, 3.63) is 0 Å². The van der Waals surface area contributed by atoms with E-state index in [1.54, 1.807) is 0 Å². The molecule has 90 valence electrons. The van der Waals surface area contributed by atoms with E-state index in [0.29, 0.717) is 0 Å². The van der Waals surface area contributed by atoms with Crippen molar-refractivity contribution in [1.82, 2.24) is 10.2 Å². The molecule has 1 N–H and O–H groups in total. The zero-order valence-corrected chi connectivity index (χ0v) is 10.3. The van der Waals surface area contributed by atoms with Gasteiger partial charge in [-0.05, 0) is 63.6 Å². The molecule has 0 aromatic heterocycles. The maximum absolute atomic E-state index is 5.43. The molecule has 2 nitrogen and oxygen atoms in total. The van der Waals surface area contributed by atoms with Gasteiger partial charge in [0.25, 0.3) is 0 Å². The summed E-state index contributed by atoms with van der Waals surface area (Å²) in [5.74, 6) is 4.69. The molecule has 2 aliphatic rings. The molecule has 1 aliphatic carbocycles. The fourth-order valence-corrected chi connectivity index (χ4v) is 2.57. The maximum Gasteiger partial charge on any atom is 0.0599 e. The molecule has 1 heterocycles. The average molecular weight is 220 g/mol. The third kappa shape index (κ3) is 4.15. The molecule has 0 aromatic rings. The number of terminal acetylenes is 1. The highest BCUT2D eigenvalue weighted by Crippen LogP contribution is 2.30. The first kappa shape index (κ1) is 12.0. The topological polar surface area (TPSA) is 15.3 Å². The fraction of sp³-hybridized carbons (Fsp3) is 0.857. The van der Waals surface area contributed by atoms with Crippen molar-refractivity contribution in [2.75, 3.05) is 32.7 Å². The molecule has 0 bridgehead atoms. The second-order valence-electron chi connectivity index (χ2n) is 5.36. The second-order valence-corrected chi connectivity index (χ2v) is 5.36. The van der Waals surface area contributed by atoms with Crippen molar-refractivity contribution in [3.63, 3.8) is 0 Å². The quantitative estimate of drug-likeness (QED) is 0.686. The first-order valence-electron chi connectivity index (χ1n) is 6.75. The average Bonchev–Trinajstić information content (AvgIpc) is 3.12. The summed E-state index contributed by atoms with van der Waals surface area (Å²) in [5.41, 5.74) is 0. The van der Waals surface area contributed by atoms with Crippen molar-refractivity contribution in [1.29, 1.82) is 0 Å². The normalized spacial score (nSPS) is 22.2. The predicted molar refractivity (Wildman–Crippen MR) is 68.2 cm³/mol. The molecule has 1 aliphatic heterocycles. The number of hydrogen-bond acceptors (Lipinski definition) is 2. The van der Waals surface area contributed by atoms with Gasteiger partial charge in [-0.15, -0.1) is 6.42 Å². The zero-order chi connectivity index (χ0) is 11.2. The van der Waals surface area contributed by atoms with Crippen LogP contribution in [0.15, 0.2) is 0 Å². The molecule has 0 unspecified atom stereocenters. The monoisotopic (exact) mass is 220 g/mol. The number of nitrogens with zero attached hydrogens (tertiary/aromatic N) is 1. The number of piperidine rings is 1. The van der Waals surface area contributed by atoms with Gasteiger partial charge in [0.2, 0.25) is 0 Å². The Morgan fingerprint density at radius 3 is 2.50 bits per heavy atom. The third-order valence-electron chi connectivity index (χ3n) is 3.84. The molecule has 0 radical (unpaired) electrons. The van der Waals surface area contributed by atoms with E-state index in [0.717, 1.165) is 18.4 Å². The standard InChI is InChI=1S/C14H24N2/c1-2-10-16(12-14-3-4-14)11-7-13-5-8-15-9-6-13/h1,13-15H,3-12H2. The van der Waals surface area contributed by atoms with E-state index < -0.39 is 0 Å². The van der Waals surface area contributed by atoms with Crippen LogP contribution < -0.4 is 5.32 Å². The Balaban J connectivity index is 1.65. The number of hydrogen-bond donors (Lipinski definition) is 1. The largest absolute Gasteiger partial charge is 0.317 e. The summed E-state index contributed by atoms with van der Waals surface area (Å²) in [4.78, 5) is 2.49. The van der Waals surface area contributed by atoms with E-state index >= 15 is 0 Å². The van der Waals surface area contributed by atoms with Crippen molar-refractivity contribution in [2.45, 2.75) is 32.1 Å². The van der Waals surface area contributed by atoms with Crippen LogP contribution in [0.4, 0.5) is 0 Å². The van der Waals surface area contributed by atoms with E-state index in [1.807, 2.05) is 0 Å². The molecular formula is C14H24N2. The van der Waals surface area contributed by atoms with Crippen molar-refractivity contribution < 1.29 is 0 Å². The van der Waals surface area contributed by atoms with Gasteiger partial charge >= 0.3 is 0 Å². The Hall–Kier alpha value is -0.520. The van der Waals surface area contributed by atoms with Gasteiger partial charge < -0.3 is 5.32 Å². The van der Waals surface area contributed by atoms with Crippen molar-refractivity contribution in [2.24, 2.45) is 11.8 Å². The van der Waals surface area contributed by atoms with Crippen molar-refractivity contribution in [3.8, 4) is 12.3 Å². The summed E-state index contributed by atoms with van der Waals surface area (Å²) in [6.07, 6.45) is 12.3. The first-order chi connectivity index (χ1) is 7.88. The molecule has 2 rings (SSSR count). The molecular weight excluding hydrogens is 196 g/mol. The van der Waals surface area contributed by atoms with Crippen molar-refractivity contribution >= 4 is 0 Å². The minimum atomic E-state index is 0.849. The van der Waals surface area contributed by atoms with Crippen LogP contribution in [0.2, 0.25) is 0 Å². The van der Waals surface area contributed by atoms with E-state index in [4.69, 9.17) is 6.42 Å². The van der Waals surface area contributed by atoms with Gasteiger partial charge in [-0.1, -0.05) is 5.92 Å². The maximum atomic E-state index is 5.43. The highest BCUT2D eigenvalue weighted by molar-refractivity contribution is 4.90. The summed E-state index contributed by atoms with van der Waals surface area (Å²) < 4.78 is 0. The predicted octanol–water partition coefficient (Wildman–Crippen LogP) is 1.72. The molecule has 2 heteroatoms. The lowest BCUT2D eigenvalue weighted by atomic mass is 9.94. The van der Waals surface area contributed by atoms with Gasteiger partial charge in [0, 0.05) is 6.54 Å². The number of nitrogens with one attached hydrogen (secondary N) is 1. The van der Waals surface area contributed by atoms with E-state index in [-0.39, 0.29) is 0 Å². The van der Waals surface area contributed by atoms with E-state index in [2.05, 4.69) is 16.1 Å². The van der Waals surface area contributed by atoms with Crippen LogP contribution in [-0.4, -0.2) is 37.6 Å². The van der Waals surface area contributed by atoms with Gasteiger partial charge in [-0.25, -0.2) is 0 Å². The minimum Gasteiger partial charge on any atom is -0.317 e. The lowest BCUT2D eigenvalue weighted by molar-refractivity contribution is 0.248. The van der Waals surface area contributed by atoms with Gasteiger partial charge in [0.15, 0.2) is 0 Å². The second kappa shape index (κ2) is 6.27. The Morgan fingerprint density at radius 2 is 1.88 bits per heavy atom. The molecule has 0 atom stereocenters. The zero-order valence-electron chi connectivity index (χ0n) is 10.3. The fourth-order valence-electron chi connectivity index (χ4n) is 2.57. The molecule has 0 aromatic carbocycles. The molecule has 0 amide bonds. The SMILES string of the molecule is C#CCN(CCC1CCNCC1)CC1CC1. The Bertz CT molecular complexity index is 234. The highest BCUT2D eigenvalue weighted by Gasteiger charge is 2.24. The van der Waals surface area contributed by atoms with E-state index in [1.165, 1.54) is 58.3 Å². The van der Waals surface area contributed by atoms with Crippen LogP contribution in [0.1, 0.15) is 32.1 Å². The summed E-state index contributed by atoms with van der Waals surface area (Å²) in [5, 5.41) is 3.42. The Labute approximate surface area is 99.8 Å². The lowest BCUT2D eigenvalue weighted by Gasteiger charge is -2.26. The van der Waals surface area contributed by atoms with Crippen LogP contribution in [0.3, 0.4) is 0 Å². The Kier molecular flexibility index (Phi) is 4.69. The van der Waals surface area contributed by atoms with Gasteiger partial charge in [-0.3, -0.25) is 4.90 Å². The molecule has 1 saturated heterocycles. The van der Waals surface area contributed by atoms with Crippen LogP contribution in [0.25, 0.3) is 0 Å². The minimum absolute atomic E-state index is 0.849. The van der Waals surface area contributed by atoms with Crippen LogP contribution in [-0.2, 0) is 0 Å². The summed E-state index contributed by atoms with van der Waals surface area (Å²) >= 11 is 0. The van der Waals surface area contributed by atoms with Gasteiger partial charge in [-0.2, -0.15) is 0 Å². The molecule has 0 spiro atoms. The van der Waals surface area contributed by atoms with Crippen LogP contribution in [0, 0.1) is 24.2 Å². The smallest absolute Gasteiger partial charge is 0.0599 e. The molecule has 2 fully saturated rings. The molecule has 1 saturated carbocycles. The lowest BCUT2D eigenvalue weighted by Crippen LogP contribution is -2.32. The van der Waals surface area contributed by atoms with Crippen LogP contribution in [0.5, 0.6) is 0 Å². The number of rotatable bonds is 6.